The smallest absolute Gasteiger partial charge is 0.296 e. The highest BCUT2D eigenvalue weighted by Crippen LogP contribution is 2.39. The molecule has 0 aliphatic carbocycles. The zero-order chi connectivity index (χ0) is 23.4. The Labute approximate surface area is 192 Å². The Morgan fingerprint density at radius 2 is 1.85 bits per heavy atom. The summed E-state index contributed by atoms with van der Waals surface area (Å²) in [5, 5.41) is 11.2. The molecule has 1 amide bonds. The molecule has 2 aromatic heterocycles. The van der Waals surface area contributed by atoms with Gasteiger partial charge in [-0.2, -0.15) is 0 Å². The molecule has 1 unspecified atom stereocenters. The molecule has 33 heavy (non-hydrogen) atoms. The fourth-order valence-corrected chi connectivity index (χ4v) is 3.72. The first-order valence-electron chi connectivity index (χ1n) is 10.8. The Morgan fingerprint density at radius 3 is 2.55 bits per heavy atom. The van der Waals surface area contributed by atoms with E-state index >= 15 is 0 Å². The first kappa shape index (κ1) is 22.2. The van der Waals surface area contributed by atoms with Crippen LogP contribution in [0.4, 0.5) is 0 Å². The van der Waals surface area contributed by atoms with Crippen LogP contribution in [0.1, 0.15) is 36.7 Å². The number of aromatic nitrogens is 2. The van der Waals surface area contributed by atoms with Crippen LogP contribution in [0.25, 0.3) is 5.76 Å². The van der Waals surface area contributed by atoms with E-state index in [1.165, 1.54) is 4.90 Å². The largest absolute Gasteiger partial charge is 0.507 e. The molecule has 3 aromatic rings. The maximum atomic E-state index is 13.1. The summed E-state index contributed by atoms with van der Waals surface area (Å²) in [6.45, 7) is 4.79. The quantitative estimate of drug-likeness (QED) is 0.335. The van der Waals surface area contributed by atoms with E-state index in [1.54, 1.807) is 73.2 Å². The van der Waals surface area contributed by atoms with Crippen LogP contribution in [0.3, 0.4) is 0 Å². The Bertz CT molecular complexity index is 1180. The number of rotatable bonds is 7. The van der Waals surface area contributed by atoms with E-state index in [4.69, 9.17) is 4.74 Å². The zero-order valence-corrected chi connectivity index (χ0v) is 18.5. The lowest BCUT2D eigenvalue weighted by atomic mass is 9.98. The van der Waals surface area contributed by atoms with Crippen molar-refractivity contribution in [3.63, 3.8) is 0 Å². The molecule has 0 spiro atoms. The van der Waals surface area contributed by atoms with Gasteiger partial charge in [-0.05, 0) is 47.9 Å². The van der Waals surface area contributed by atoms with Crippen LogP contribution in [0.2, 0.25) is 0 Å². The van der Waals surface area contributed by atoms with E-state index in [9.17, 15) is 14.7 Å². The number of hydrogen-bond acceptors (Lipinski definition) is 6. The SMILES string of the molecule is CC(C)COc1cccc(/C(O)=C2/C(=O)C(=O)N(Cc3ccncc3)C2c2ccccn2)c1. The van der Waals surface area contributed by atoms with E-state index in [2.05, 4.69) is 9.97 Å². The van der Waals surface area contributed by atoms with Crippen molar-refractivity contribution < 1.29 is 19.4 Å². The van der Waals surface area contributed by atoms with Crippen LogP contribution in [0.15, 0.2) is 78.8 Å². The van der Waals surface area contributed by atoms with E-state index in [0.717, 1.165) is 5.56 Å². The van der Waals surface area contributed by atoms with Crippen molar-refractivity contribution in [2.75, 3.05) is 6.61 Å². The summed E-state index contributed by atoms with van der Waals surface area (Å²) in [7, 11) is 0. The maximum absolute atomic E-state index is 13.1. The van der Waals surface area contributed by atoms with Gasteiger partial charge < -0.3 is 14.7 Å². The zero-order valence-electron chi connectivity index (χ0n) is 18.5. The summed E-state index contributed by atoms with van der Waals surface area (Å²) in [4.78, 5) is 36.0. The fraction of sp³-hybridized carbons (Fsp3) is 0.231. The van der Waals surface area contributed by atoms with Gasteiger partial charge in [0.1, 0.15) is 17.6 Å². The number of pyridine rings is 2. The highest BCUT2D eigenvalue weighted by molar-refractivity contribution is 6.46. The van der Waals surface area contributed by atoms with Gasteiger partial charge in [0.2, 0.25) is 0 Å². The molecule has 7 nitrogen and oxygen atoms in total. The second-order valence-corrected chi connectivity index (χ2v) is 8.27. The lowest BCUT2D eigenvalue weighted by Crippen LogP contribution is -2.29. The molecular formula is C26H25N3O4. The third-order valence-electron chi connectivity index (χ3n) is 5.30. The Hall–Kier alpha value is -4.00. The number of ketones is 1. The van der Waals surface area contributed by atoms with Gasteiger partial charge >= 0.3 is 0 Å². The highest BCUT2D eigenvalue weighted by Gasteiger charge is 2.46. The van der Waals surface area contributed by atoms with Crippen molar-refractivity contribution in [3.8, 4) is 5.75 Å². The molecule has 1 aliphatic rings. The fourth-order valence-electron chi connectivity index (χ4n) is 3.72. The van der Waals surface area contributed by atoms with Gasteiger partial charge in [-0.1, -0.05) is 32.0 Å². The maximum Gasteiger partial charge on any atom is 0.296 e. The van der Waals surface area contributed by atoms with E-state index < -0.39 is 17.7 Å². The first-order valence-corrected chi connectivity index (χ1v) is 10.8. The molecular weight excluding hydrogens is 418 g/mol. The van der Waals surface area contributed by atoms with E-state index in [1.807, 2.05) is 13.8 Å². The van der Waals surface area contributed by atoms with Gasteiger partial charge in [-0.15, -0.1) is 0 Å². The van der Waals surface area contributed by atoms with Gasteiger partial charge in [0, 0.05) is 30.7 Å². The number of ether oxygens (including phenoxy) is 1. The molecule has 1 aliphatic heterocycles. The predicted octanol–water partition coefficient (Wildman–Crippen LogP) is 4.13. The third-order valence-corrected chi connectivity index (χ3v) is 5.30. The lowest BCUT2D eigenvalue weighted by Gasteiger charge is -2.24. The van der Waals surface area contributed by atoms with Crippen LogP contribution in [0.5, 0.6) is 5.75 Å². The molecule has 1 N–H and O–H groups in total. The second-order valence-electron chi connectivity index (χ2n) is 8.27. The number of nitrogens with zero attached hydrogens (tertiary/aromatic N) is 3. The van der Waals surface area contributed by atoms with Crippen molar-refractivity contribution in [1.82, 2.24) is 14.9 Å². The standard InChI is InChI=1S/C26H25N3O4/c1-17(2)16-33-20-7-5-6-19(14-20)24(30)22-23(21-8-3-4-11-28-21)29(26(32)25(22)31)15-18-9-12-27-13-10-18/h3-14,17,23,30H,15-16H2,1-2H3/b24-22-. The summed E-state index contributed by atoms with van der Waals surface area (Å²) < 4.78 is 5.77. The molecule has 1 atom stereocenters. The van der Waals surface area contributed by atoms with Crippen molar-refractivity contribution in [2.45, 2.75) is 26.4 Å². The number of hydrogen-bond donors (Lipinski definition) is 1. The van der Waals surface area contributed by atoms with Gasteiger partial charge in [-0.25, -0.2) is 0 Å². The topological polar surface area (TPSA) is 92.6 Å². The van der Waals surface area contributed by atoms with Crippen molar-refractivity contribution in [3.05, 3.63) is 95.6 Å². The molecule has 0 saturated carbocycles. The van der Waals surface area contributed by atoms with Crippen molar-refractivity contribution >= 4 is 17.4 Å². The van der Waals surface area contributed by atoms with E-state index in [0.29, 0.717) is 29.5 Å². The summed E-state index contributed by atoms with van der Waals surface area (Å²) in [6, 6.07) is 14.9. The van der Waals surface area contributed by atoms with Crippen LogP contribution in [0, 0.1) is 5.92 Å². The molecule has 1 saturated heterocycles. The van der Waals surface area contributed by atoms with Gasteiger partial charge in [-0.3, -0.25) is 19.6 Å². The number of carbonyl (C=O) groups is 2. The highest BCUT2D eigenvalue weighted by atomic mass is 16.5. The molecule has 7 heteroatoms. The number of Topliss-reactive ketones (excluding diaryl/α,β-unsaturated/α-hetero) is 1. The molecule has 0 bridgehead atoms. The average Bonchev–Trinajstić information content (AvgIpc) is 3.08. The van der Waals surface area contributed by atoms with Crippen LogP contribution >= 0.6 is 0 Å². The monoisotopic (exact) mass is 443 g/mol. The van der Waals surface area contributed by atoms with Crippen molar-refractivity contribution in [1.29, 1.82) is 0 Å². The normalized spacial score (nSPS) is 17.5. The summed E-state index contributed by atoms with van der Waals surface area (Å²) in [5.41, 5.74) is 1.73. The Morgan fingerprint density at radius 1 is 1.06 bits per heavy atom. The number of carbonyl (C=O) groups excluding carboxylic acids is 2. The minimum Gasteiger partial charge on any atom is -0.507 e. The van der Waals surface area contributed by atoms with Crippen LogP contribution in [-0.2, 0) is 16.1 Å². The molecule has 168 valence electrons. The number of likely N-dealkylation sites (tertiary alicyclic amines) is 1. The average molecular weight is 444 g/mol. The Balaban J connectivity index is 1.78. The third kappa shape index (κ3) is 4.77. The molecule has 3 heterocycles. The van der Waals surface area contributed by atoms with Gasteiger partial charge in [0.15, 0.2) is 0 Å². The number of amides is 1. The van der Waals surface area contributed by atoms with Gasteiger partial charge in [0.25, 0.3) is 11.7 Å². The predicted molar refractivity (Wildman–Crippen MR) is 123 cm³/mol. The molecule has 1 fully saturated rings. The second kappa shape index (κ2) is 9.65. The van der Waals surface area contributed by atoms with E-state index in [-0.39, 0.29) is 17.9 Å². The number of benzene rings is 1. The molecule has 0 radical (unpaired) electrons. The first-order chi connectivity index (χ1) is 16.0. The minimum absolute atomic E-state index is 0.00812. The summed E-state index contributed by atoms with van der Waals surface area (Å²) in [6.07, 6.45) is 4.86. The number of aliphatic hydroxyl groups excluding tert-OH is 1. The number of aliphatic hydroxyl groups is 1. The summed E-state index contributed by atoms with van der Waals surface area (Å²) in [5.74, 6) is -0.767. The lowest BCUT2D eigenvalue weighted by molar-refractivity contribution is -0.140. The van der Waals surface area contributed by atoms with Crippen LogP contribution in [-0.4, -0.2) is 38.3 Å². The molecule has 1 aromatic carbocycles. The minimum atomic E-state index is -0.820. The molecule has 4 rings (SSSR count). The van der Waals surface area contributed by atoms with Crippen molar-refractivity contribution in [2.24, 2.45) is 5.92 Å². The van der Waals surface area contributed by atoms with Crippen LogP contribution < -0.4 is 4.74 Å². The van der Waals surface area contributed by atoms with Gasteiger partial charge in [0.05, 0.1) is 17.9 Å². The Kier molecular flexibility index (Phi) is 6.49. The summed E-state index contributed by atoms with van der Waals surface area (Å²) >= 11 is 0.